The van der Waals surface area contributed by atoms with Crippen LogP contribution in [0.15, 0.2) is 97.6 Å². The molecule has 16 rings (SSSR count). The maximum absolute atomic E-state index is 13.3. The standard InChI is InChI=1S/2C21H25F2N3O.2C20H24ClN3O/c2*1-4-5-16-14-8-9-21(16,17-10-12(2)6-7-13(14)17)24-20(27)15-11-26(3)25-18(15)19(22)23;2*1-4-5-16-14-8-9-20(16,17-10-12(2)6-7-13(14)17)23-19(25)15-11-22-24(3)18(15)21/h2*6-7,10-11,14,16,19H,4-5,8-9H2,1-3H3,(H,24,27);2*6-7,10-11,14,16H,4-5,8-9H2,1-3H3,(H,23,25). The summed E-state index contributed by atoms with van der Waals surface area (Å²) < 4.78 is 59.0. The molecule has 0 aliphatic heterocycles. The summed E-state index contributed by atoms with van der Waals surface area (Å²) >= 11 is 12.5. The Morgan fingerprint density at radius 1 is 0.433 bits per heavy atom. The van der Waals surface area contributed by atoms with E-state index in [0.717, 1.165) is 114 Å². The van der Waals surface area contributed by atoms with Crippen molar-refractivity contribution in [2.45, 2.75) is 217 Å². The van der Waals surface area contributed by atoms with Crippen LogP contribution in [0.3, 0.4) is 0 Å². The lowest BCUT2D eigenvalue weighted by Gasteiger charge is -2.35. The van der Waals surface area contributed by atoms with Crippen molar-refractivity contribution in [3.8, 4) is 0 Å². The summed E-state index contributed by atoms with van der Waals surface area (Å²) in [7, 11) is 6.61. The minimum absolute atomic E-state index is 0.0262. The Balaban J connectivity index is 0.000000123. The largest absolute Gasteiger partial charge is 0.342 e. The van der Waals surface area contributed by atoms with Crippen molar-refractivity contribution in [3.63, 3.8) is 0 Å². The van der Waals surface area contributed by atoms with Gasteiger partial charge in [0.1, 0.15) is 21.7 Å². The number of aryl methyl sites for hydroxylation is 8. The van der Waals surface area contributed by atoms with Crippen LogP contribution < -0.4 is 21.3 Å². The highest BCUT2D eigenvalue weighted by Crippen LogP contribution is 2.65. The van der Waals surface area contributed by atoms with Crippen LogP contribution in [-0.2, 0) is 50.3 Å². The normalized spacial score (nSPS) is 26.3. The number of fused-ring (bicyclic) bond motifs is 20. The number of halogens is 6. The van der Waals surface area contributed by atoms with Crippen LogP contribution in [-0.4, -0.2) is 62.8 Å². The number of nitrogens with zero attached hydrogens (tertiary/aromatic N) is 8. The Bertz CT molecular complexity index is 4330. The first-order chi connectivity index (χ1) is 49.7. The number of benzene rings is 4. The molecule has 4 amide bonds. The van der Waals surface area contributed by atoms with Gasteiger partial charge in [0.25, 0.3) is 36.5 Å². The third kappa shape index (κ3) is 12.6. The molecule has 4 aromatic heterocycles. The maximum Gasteiger partial charge on any atom is 0.282 e. The molecular weight excluding hydrogens is 1360 g/mol. The predicted octanol–water partition coefficient (Wildman–Crippen LogP) is 17.8. The predicted molar refractivity (Wildman–Crippen MR) is 396 cm³/mol. The van der Waals surface area contributed by atoms with Crippen LogP contribution in [0, 0.1) is 51.4 Å². The third-order valence-electron chi connectivity index (χ3n) is 24.8. The van der Waals surface area contributed by atoms with Gasteiger partial charge in [-0.2, -0.15) is 20.4 Å². The van der Waals surface area contributed by atoms with Gasteiger partial charge in [0.15, 0.2) is 0 Å². The van der Waals surface area contributed by atoms with Crippen molar-refractivity contribution in [2.75, 3.05) is 0 Å². The molecule has 0 spiro atoms. The van der Waals surface area contributed by atoms with Gasteiger partial charge in [0.2, 0.25) is 0 Å². The Hall–Kier alpha value is -8.10. The van der Waals surface area contributed by atoms with Gasteiger partial charge < -0.3 is 21.3 Å². The van der Waals surface area contributed by atoms with E-state index >= 15 is 0 Å². The van der Waals surface area contributed by atoms with E-state index in [9.17, 15) is 36.7 Å². The zero-order chi connectivity index (χ0) is 74.2. The molecule has 22 heteroatoms. The molecule has 12 unspecified atom stereocenters. The first-order valence-corrected chi connectivity index (χ1v) is 38.2. The first kappa shape index (κ1) is 74.2. The fourth-order valence-corrected chi connectivity index (χ4v) is 21.0. The van der Waals surface area contributed by atoms with Crippen molar-refractivity contribution in [1.29, 1.82) is 0 Å². The summed E-state index contributed by atoms with van der Waals surface area (Å²) in [5.41, 5.74) is 13.7. The summed E-state index contributed by atoms with van der Waals surface area (Å²) in [6, 6.07) is 26.4. The average Bonchev–Trinajstić information content (AvgIpc) is 1.57. The third-order valence-corrected chi connectivity index (χ3v) is 25.7. The number of alkyl halides is 4. The molecule has 104 heavy (non-hydrogen) atoms. The molecule has 4 aromatic carbocycles. The summed E-state index contributed by atoms with van der Waals surface area (Å²) in [4.78, 5) is 52.2. The number of nitrogens with one attached hydrogen (secondary N) is 4. The van der Waals surface area contributed by atoms with Crippen LogP contribution in [0.5, 0.6) is 0 Å². The van der Waals surface area contributed by atoms with Gasteiger partial charge in [-0.15, -0.1) is 0 Å². The van der Waals surface area contributed by atoms with Crippen molar-refractivity contribution < 1.29 is 36.7 Å². The first-order valence-electron chi connectivity index (χ1n) is 37.4. The number of rotatable bonds is 18. The van der Waals surface area contributed by atoms with E-state index in [4.69, 9.17) is 23.2 Å². The summed E-state index contributed by atoms with van der Waals surface area (Å²) in [6.07, 6.45) is 17.0. The van der Waals surface area contributed by atoms with Crippen molar-refractivity contribution in [1.82, 2.24) is 60.4 Å². The van der Waals surface area contributed by atoms with E-state index < -0.39 is 47.1 Å². The Morgan fingerprint density at radius 3 is 0.904 bits per heavy atom. The van der Waals surface area contributed by atoms with E-state index in [-0.39, 0.29) is 34.0 Å². The highest BCUT2D eigenvalue weighted by molar-refractivity contribution is 6.33. The van der Waals surface area contributed by atoms with Gasteiger partial charge in [-0.3, -0.25) is 37.9 Å². The summed E-state index contributed by atoms with van der Waals surface area (Å²) in [6.45, 7) is 17.1. The molecule has 0 radical (unpaired) electrons. The molecule has 4 saturated carbocycles. The minimum Gasteiger partial charge on any atom is -0.342 e. The topological polar surface area (TPSA) is 188 Å². The van der Waals surface area contributed by atoms with Gasteiger partial charge in [0.05, 0.1) is 56.8 Å². The second-order valence-electron chi connectivity index (χ2n) is 31.0. The van der Waals surface area contributed by atoms with Gasteiger partial charge in [-0.25, -0.2) is 17.6 Å². The van der Waals surface area contributed by atoms with E-state index in [0.29, 0.717) is 68.8 Å². The van der Waals surface area contributed by atoms with E-state index in [2.05, 4.69) is 156 Å². The monoisotopic (exact) mass is 1460 g/mol. The second-order valence-corrected chi connectivity index (χ2v) is 31.7. The van der Waals surface area contributed by atoms with E-state index in [1.807, 2.05) is 13.8 Å². The Morgan fingerprint density at radius 2 is 0.683 bits per heavy atom. The summed E-state index contributed by atoms with van der Waals surface area (Å²) in [5, 5.41) is 29.8. The average molecular weight is 1460 g/mol. The van der Waals surface area contributed by atoms with Gasteiger partial charge in [-0.05, 0) is 197 Å². The van der Waals surface area contributed by atoms with Crippen molar-refractivity contribution in [2.24, 2.45) is 51.9 Å². The minimum atomic E-state index is -2.77. The maximum atomic E-state index is 13.3. The number of carbonyl (C=O) groups excluding carboxylic acids is 4. The molecule has 0 saturated heterocycles. The number of carbonyl (C=O) groups is 4. The molecule has 16 nitrogen and oxygen atoms in total. The lowest BCUT2D eigenvalue weighted by atomic mass is 9.81. The lowest BCUT2D eigenvalue weighted by molar-refractivity contribution is 0.0849. The highest BCUT2D eigenvalue weighted by Gasteiger charge is 2.61. The quantitative estimate of drug-likeness (QED) is 0.0611. The zero-order valence-corrected chi connectivity index (χ0v) is 63.3. The SMILES string of the molecule is CCCC1C2CCC1(NC(=O)c1cn(C)nc1C(F)F)c1cc(C)ccc12.CCCC1C2CCC1(NC(=O)c1cn(C)nc1C(F)F)c1cc(C)ccc12.CCCC1C2CCC1(NC(=O)c1cnn(C)c1Cl)c1cc(C)ccc12.CCCC1C2CCC1(NC(=O)c1cnn(C)c1Cl)c1cc(C)ccc12. The fraction of sp³-hybridized carbons (Fsp3) is 0.512. The zero-order valence-electron chi connectivity index (χ0n) is 61.8. The lowest BCUT2D eigenvalue weighted by Crippen LogP contribution is -2.47. The van der Waals surface area contributed by atoms with Gasteiger partial charge in [0, 0.05) is 40.6 Å². The van der Waals surface area contributed by atoms with Crippen LogP contribution in [0.2, 0.25) is 10.3 Å². The number of aromatic nitrogens is 8. The van der Waals surface area contributed by atoms with Crippen LogP contribution in [0.25, 0.3) is 0 Å². The summed E-state index contributed by atoms with van der Waals surface area (Å²) in [5.74, 6) is 2.41. The van der Waals surface area contributed by atoms with E-state index in [1.54, 1.807) is 40.6 Å². The fourth-order valence-electron chi connectivity index (χ4n) is 20.6. The van der Waals surface area contributed by atoms with Crippen molar-refractivity contribution >= 4 is 46.8 Å². The molecule has 8 aliphatic rings. The number of amides is 4. The van der Waals surface area contributed by atoms with E-state index in [1.165, 1.54) is 86.8 Å². The molecule has 4 N–H and O–H groups in total. The second kappa shape index (κ2) is 29.0. The molecule has 552 valence electrons. The Labute approximate surface area is 617 Å². The molecule has 12 atom stereocenters. The van der Waals surface area contributed by atoms with Crippen LogP contribution >= 0.6 is 23.2 Å². The Kier molecular flexibility index (Phi) is 20.7. The smallest absolute Gasteiger partial charge is 0.282 e. The van der Waals surface area contributed by atoms with Gasteiger partial charge >= 0.3 is 0 Å². The van der Waals surface area contributed by atoms with Crippen molar-refractivity contribution in [3.05, 3.63) is 208 Å². The molecular formula is C82H98Cl2F4N12O4. The molecule has 8 aliphatic carbocycles. The molecule has 4 fully saturated rings. The van der Waals surface area contributed by atoms with Gasteiger partial charge in [-0.1, -0.05) is 172 Å². The highest BCUT2D eigenvalue weighted by atomic mass is 35.5. The molecule has 4 heterocycles. The number of hydrogen-bond acceptors (Lipinski definition) is 8. The van der Waals surface area contributed by atoms with Crippen LogP contribution in [0.1, 0.15) is 287 Å². The van der Waals surface area contributed by atoms with Crippen LogP contribution in [0.4, 0.5) is 17.6 Å². The molecule has 8 aromatic rings. The molecule has 8 bridgehead atoms. The number of hydrogen-bond donors (Lipinski definition) is 4.